The molecular weight excluding hydrogens is 248 g/mol. The molecule has 0 heterocycles. The highest BCUT2D eigenvalue weighted by atomic mass is 16.5. The van der Waals surface area contributed by atoms with Gasteiger partial charge in [0.25, 0.3) is 0 Å². The highest BCUT2D eigenvalue weighted by Gasteiger charge is 2.03. The Morgan fingerprint density at radius 1 is 1.00 bits per heavy atom. The van der Waals surface area contributed by atoms with Crippen molar-refractivity contribution < 1.29 is 9.53 Å². The average molecular weight is 264 g/mol. The van der Waals surface area contributed by atoms with E-state index in [1.807, 2.05) is 43.3 Å². The first-order valence-electron chi connectivity index (χ1n) is 6.56. The second-order valence-corrected chi connectivity index (χ2v) is 4.23. The van der Waals surface area contributed by atoms with E-state index >= 15 is 0 Å². The molecule has 0 unspecified atom stereocenters. The normalized spacial score (nSPS) is 9.45. The molecule has 0 spiro atoms. The summed E-state index contributed by atoms with van der Waals surface area (Å²) in [5.74, 6) is -0.374. The molecule has 0 atom stereocenters. The summed E-state index contributed by atoms with van der Waals surface area (Å²) in [4.78, 5) is 11.7. The van der Waals surface area contributed by atoms with Crippen molar-refractivity contribution >= 4 is 11.5 Å². The van der Waals surface area contributed by atoms with Gasteiger partial charge in [-0.25, -0.2) is 4.79 Å². The van der Waals surface area contributed by atoms with Crippen molar-refractivity contribution in [2.24, 2.45) is 0 Å². The van der Waals surface area contributed by atoms with Crippen molar-refractivity contribution in [3.8, 4) is 0 Å². The smallest absolute Gasteiger partial charge is 0.343 e. The lowest BCUT2D eigenvalue weighted by atomic mass is 10.1. The number of hydrogen-bond donors (Lipinski definition) is 0. The second-order valence-electron chi connectivity index (χ2n) is 4.23. The van der Waals surface area contributed by atoms with Crippen LogP contribution in [0.4, 0.5) is 0 Å². The molecule has 0 saturated heterocycles. The van der Waals surface area contributed by atoms with Crippen molar-refractivity contribution in [2.75, 3.05) is 0 Å². The lowest BCUT2D eigenvalue weighted by Gasteiger charge is -2.01. The maximum absolute atomic E-state index is 11.7. The Bertz CT molecular complexity index is 621. The molecule has 2 rings (SSSR count). The van der Waals surface area contributed by atoms with E-state index in [2.05, 4.69) is 5.73 Å². The standard InChI is InChI=1S/C18H16O2/c1-2-15(16-9-5-3-6-10-16)13-14-20-18(19)17-11-7-4-8-12-17/h3-12,14H,2H2,1H3. The van der Waals surface area contributed by atoms with Gasteiger partial charge < -0.3 is 4.74 Å². The van der Waals surface area contributed by atoms with Crippen LogP contribution >= 0.6 is 0 Å². The van der Waals surface area contributed by atoms with Gasteiger partial charge in [0.15, 0.2) is 0 Å². The predicted octanol–water partition coefficient (Wildman–Crippen LogP) is 4.45. The number of carbonyl (C=O) groups is 1. The fourth-order valence-electron chi connectivity index (χ4n) is 1.83. The highest BCUT2D eigenvalue weighted by molar-refractivity contribution is 5.89. The molecule has 2 aromatic rings. The molecule has 20 heavy (non-hydrogen) atoms. The molecule has 2 heteroatoms. The maximum atomic E-state index is 11.7. The topological polar surface area (TPSA) is 26.3 Å². The number of ether oxygens (including phenoxy) is 1. The molecule has 0 N–H and O–H groups in total. The van der Waals surface area contributed by atoms with E-state index in [0.29, 0.717) is 5.56 Å². The SMILES string of the molecule is CCC(=C=COC(=O)c1ccccc1)c1ccccc1. The molecule has 2 aromatic carbocycles. The van der Waals surface area contributed by atoms with E-state index in [9.17, 15) is 4.79 Å². The molecule has 100 valence electrons. The fourth-order valence-corrected chi connectivity index (χ4v) is 1.83. The minimum atomic E-state index is -0.374. The Morgan fingerprint density at radius 2 is 1.55 bits per heavy atom. The Morgan fingerprint density at radius 3 is 2.10 bits per heavy atom. The summed E-state index contributed by atoms with van der Waals surface area (Å²) in [5.41, 5.74) is 5.66. The summed E-state index contributed by atoms with van der Waals surface area (Å²) < 4.78 is 5.09. The number of carbonyl (C=O) groups excluding carboxylic acids is 1. The van der Waals surface area contributed by atoms with E-state index in [4.69, 9.17) is 4.74 Å². The minimum Gasteiger partial charge on any atom is -0.422 e. The van der Waals surface area contributed by atoms with Gasteiger partial charge in [0.1, 0.15) is 6.26 Å². The fraction of sp³-hybridized carbons (Fsp3) is 0.111. The molecule has 0 aliphatic carbocycles. The first kappa shape index (κ1) is 13.9. The zero-order valence-corrected chi connectivity index (χ0v) is 11.4. The molecule has 0 bridgehead atoms. The number of allylic oxidation sites excluding steroid dienone is 1. The summed E-state index contributed by atoms with van der Waals surface area (Å²) >= 11 is 0. The monoisotopic (exact) mass is 264 g/mol. The van der Waals surface area contributed by atoms with Gasteiger partial charge in [-0.3, -0.25) is 0 Å². The molecule has 0 aliphatic heterocycles. The first-order chi connectivity index (χ1) is 9.81. The van der Waals surface area contributed by atoms with Crippen LogP contribution < -0.4 is 0 Å². The van der Waals surface area contributed by atoms with Gasteiger partial charge in [-0.15, -0.1) is 0 Å². The molecule has 0 saturated carbocycles. The van der Waals surface area contributed by atoms with Crippen LogP contribution in [0.25, 0.3) is 5.57 Å². The van der Waals surface area contributed by atoms with Crippen molar-refractivity contribution in [3.63, 3.8) is 0 Å². The number of benzene rings is 2. The van der Waals surface area contributed by atoms with Gasteiger partial charge in [0, 0.05) is 5.57 Å². The van der Waals surface area contributed by atoms with Crippen LogP contribution in [0, 0.1) is 0 Å². The number of esters is 1. The molecule has 0 aliphatic rings. The van der Waals surface area contributed by atoms with Crippen LogP contribution in [0.1, 0.15) is 29.3 Å². The summed E-state index contributed by atoms with van der Waals surface area (Å²) in [6.45, 7) is 2.04. The van der Waals surface area contributed by atoms with Crippen molar-refractivity contribution in [3.05, 3.63) is 83.8 Å². The molecular formula is C18H16O2. The van der Waals surface area contributed by atoms with Crippen LogP contribution in [0.5, 0.6) is 0 Å². The van der Waals surface area contributed by atoms with Gasteiger partial charge >= 0.3 is 5.97 Å². The van der Waals surface area contributed by atoms with E-state index < -0.39 is 0 Å². The Hall–Kier alpha value is -2.57. The molecule has 2 nitrogen and oxygen atoms in total. The van der Waals surface area contributed by atoms with Crippen LogP contribution in [0.15, 0.2) is 72.7 Å². The zero-order chi connectivity index (χ0) is 14.2. The van der Waals surface area contributed by atoms with Crippen molar-refractivity contribution in [2.45, 2.75) is 13.3 Å². The van der Waals surface area contributed by atoms with Gasteiger partial charge in [0.05, 0.1) is 5.56 Å². The summed E-state index contributed by atoms with van der Waals surface area (Å²) in [6.07, 6.45) is 2.16. The minimum absolute atomic E-state index is 0.374. The van der Waals surface area contributed by atoms with Crippen LogP contribution in [-0.4, -0.2) is 5.97 Å². The van der Waals surface area contributed by atoms with Crippen molar-refractivity contribution in [1.82, 2.24) is 0 Å². The van der Waals surface area contributed by atoms with Crippen LogP contribution in [0.3, 0.4) is 0 Å². The van der Waals surface area contributed by atoms with Gasteiger partial charge in [-0.05, 0) is 24.1 Å². The summed E-state index contributed by atoms with van der Waals surface area (Å²) in [6, 6.07) is 18.8. The van der Waals surface area contributed by atoms with Crippen molar-refractivity contribution in [1.29, 1.82) is 0 Å². The number of rotatable bonds is 4. The van der Waals surface area contributed by atoms with Gasteiger partial charge in [-0.1, -0.05) is 61.2 Å². The van der Waals surface area contributed by atoms with Crippen LogP contribution in [0.2, 0.25) is 0 Å². The molecule has 0 radical (unpaired) electrons. The largest absolute Gasteiger partial charge is 0.422 e. The number of hydrogen-bond acceptors (Lipinski definition) is 2. The van der Waals surface area contributed by atoms with Gasteiger partial charge in [0.2, 0.25) is 0 Å². The molecule has 0 aromatic heterocycles. The third kappa shape index (κ3) is 3.71. The third-order valence-corrected chi connectivity index (χ3v) is 2.88. The Labute approximate surface area is 119 Å². The van der Waals surface area contributed by atoms with E-state index in [0.717, 1.165) is 17.6 Å². The molecule has 0 fully saturated rings. The average Bonchev–Trinajstić information content (AvgIpc) is 2.53. The third-order valence-electron chi connectivity index (χ3n) is 2.88. The lowest BCUT2D eigenvalue weighted by Crippen LogP contribution is -1.99. The maximum Gasteiger partial charge on any atom is 0.343 e. The Balaban J connectivity index is 2.11. The summed E-state index contributed by atoms with van der Waals surface area (Å²) in [5, 5.41) is 0. The van der Waals surface area contributed by atoms with E-state index in [1.54, 1.807) is 24.3 Å². The quantitative estimate of drug-likeness (QED) is 0.463. The molecule has 0 amide bonds. The first-order valence-corrected chi connectivity index (χ1v) is 6.56. The zero-order valence-electron chi connectivity index (χ0n) is 11.4. The van der Waals surface area contributed by atoms with Gasteiger partial charge in [-0.2, -0.15) is 0 Å². The highest BCUT2D eigenvalue weighted by Crippen LogP contribution is 2.15. The Kier molecular flexibility index (Phi) is 4.94. The predicted molar refractivity (Wildman–Crippen MR) is 80.1 cm³/mol. The summed E-state index contributed by atoms with van der Waals surface area (Å²) in [7, 11) is 0. The van der Waals surface area contributed by atoms with Crippen LogP contribution in [-0.2, 0) is 4.74 Å². The second kappa shape index (κ2) is 7.13. The van der Waals surface area contributed by atoms with E-state index in [-0.39, 0.29) is 5.97 Å². The van der Waals surface area contributed by atoms with E-state index in [1.165, 1.54) is 6.26 Å². The lowest BCUT2D eigenvalue weighted by molar-refractivity contribution is 0.0663.